The molecule has 1 saturated heterocycles. The van der Waals surface area contributed by atoms with E-state index in [2.05, 4.69) is 29.2 Å². The molecule has 0 aromatic carbocycles. The lowest BCUT2D eigenvalue weighted by molar-refractivity contribution is 0.0835. The van der Waals surface area contributed by atoms with Crippen molar-refractivity contribution in [3.63, 3.8) is 0 Å². The summed E-state index contributed by atoms with van der Waals surface area (Å²) in [5.74, 6) is 8.01. The van der Waals surface area contributed by atoms with Crippen molar-refractivity contribution in [1.82, 2.24) is 9.97 Å². The molecule has 1 aliphatic heterocycles. The van der Waals surface area contributed by atoms with E-state index >= 15 is 0 Å². The van der Waals surface area contributed by atoms with Crippen LogP contribution in [-0.4, -0.2) is 23.2 Å². The fourth-order valence-corrected chi connectivity index (χ4v) is 2.54. The number of hydrazine groups is 1. The number of nitrogens with two attached hydrogens (primary N) is 1. The summed E-state index contributed by atoms with van der Waals surface area (Å²) in [4.78, 5) is 9.26. The number of rotatable bonds is 3. The fourth-order valence-electron chi connectivity index (χ4n) is 2.54. The Labute approximate surface area is 108 Å². The minimum absolute atomic E-state index is 0.361. The standard InChI is InChI=1S/C13H22N4O/c1-8(2)11-9(3)15-12(16-13(11)17-14)10-4-6-18-7-5-10/h8,10H,4-7,14H2,1-3H3,(H,15,16,17). The van der Waals surface area contributed by atoms with Crippen molar-refractivity contribution < 1.29 is 4.74 Å². The van der Waals surface area contributed by atoms with Crippen LogP contribution in [0.5, 0.6) is 0 Å². The minimum Gasteiger partial charge on any atom is -0.381 e. The number of nitrogen functional groups attached to an aromatic ring is 1. The van der Waals surface area contributed by atoms with E-state index in [0.717, 1.165) is 49.0 Å². The molecule has 1 aliphatic rings. The van der Waals surface area contributed by atoms with Gasteiger partial charge in [-0.05, 0) is 25.7 Å². The first kappa shape index (κ1) is 13.2. The van der Waals surface area contributed by atoms with Crippen molar-refractivity contribution >= 4 is 5.82 Å². The van der Waals surface area contributed by atoms with E-state index < -0.39 is 0 Å². The normalized spacial score (nSPS) is 17.2. The highest BCUT2D eigenvalue weighted by Gasteiger charge is 2.22. The lowest BCUT2D eigenvalue weighted by Gasteiger charge is -2.23. The van der Waals surface area contributed by atoms with Gasteiger partial charge in [-0.25, -0.2) is 15.8 Å². The predicted octanol–water partition coefficient (Wildman–Crippen LogP) is 2.09. The zero-order valence-corrected chi connectivity index (χ0v) is 11.4. The van der Waals surface area contributed by atoms with Gasteiger partial charge in [0.25, 0.3) is 0 Å². The summed E-state index contributed by atoms with van der Waals surface area (Å²) >= 11 is 0. The molecule has 2 rings (SSSR count). The Bertz CT molecular complexity index is 414. The van der Waals surface area contributed by atoms with Gasteiger partial charge in [-0.1, -0.05) is 13.8 Å². The molecule has 18 heavy (non-hydrogen) atoms. The second kappa shape index (κ2) is 5.63. The van der Waals surface area contributed by atoms with Crippen molar-refractivity contribution in [2.75, 3.05) is 18.6 Å². The first-order valence-electron chi connectivity index (χ1n) is 6.56. The number of hydrogen-bond donors (Lipinski definition) is 2. The summed E-state index contributed by atoms with van der Waals surface area (Å²) in [6, 6.07) is 0. The van der Waals surface area contributed by atoms with Crippen molar-refractivity contribution in [2.45, 2.75) is 45.4 Å². The average Bonchev–Trinajstić information content (AvgIpc) is 2.38. The number of nitrogens with one attached hydrogen (secondary N) is 1. The van der Waals surface area contributed by atoms with E-state index in [1.54, 1.807) is 0 Å². The van der Waals surface area contributed by atoms with Gasteiger partial charge in [-0.3, -0.25) is 0 Å². The van der Waals surface area contributed by atoms with Crippen LogP contribution in [0, 0.1) is 6.92 Å². The van der Waals surface area contributed by atoms with Crippen LogP contribution in [-0.2, 0) is 4.74 Å². The fraction of sp³-hybridized carbons (Fsp3) is 0.692. The topological polar surface area (TPSA) is 73.1 Å². The molecule has 1 aromatic heterocycles. The van der Waals surface area contributed by atoms with Gasteiger partial charge < -0.3 is 10.2 Å². The van der Waals surface area contributed by atoms with Crippen LogP contribution in [0.25, 0.3) is 0 Å². The molecule has 0 atom stereocenters. The molecule has 2 heterocycles. The zero-order valence-electron chi connectivity index (χ0n) is 11.4. The molecule has 0 saturated carbocycles. The second-order valence-corrected chi connectivity index (χ2v) is 5.12. The summed E-state index contributed by atoms with van der Waals surface area (Å²) in [5, 5.41) is 0. The van der Waals surface area contributed by atoms with Gasteiger partial charge >= 0.3 is 0 Å². The van der Waals surface area contributed by atoms with E-state index in [1.807, 2.05) is 6.92 Å². The summed E-state index contributed by atoms with van der Waals surface area (Å²) < 4.78 is 5.37. The molecular weight excluding hydrogens is 228 g/mol. The zero-order chi connectivity index (χ0) is 13.1. The van der Waals surface area contributed by atoms with E-state index in [-0.39, 0.29) is 0 Å². The highest BCUT2D eigenvalue weighted by Crippen LogP contribution is 2.29. The number of hydrogen-bond acceptors (Lipinski definition) is 5. The van der Waals surface area contributed by atoms with Gasteiger partial charge in [0.1, 0.15) is 11.6 Å². The first-order chi connectivity index (χ1) is 8.63. The van der Waals surface area contributed by atoms with Gasteiger partial charge in [0.15, 0.2) is 0 Å². The molecule has 0 bridgehead atoms. The molecule has 0 amide bonds. The average molecular weight is 250 g/mol. The third-order valence-electron chi connectivity index (χ3n) is 3.45. The molecule has 5 nitrogen and oxygen atoms in total. The highest BCUT2D eigenvalue weighted by atomic mass is 16.5. The SMILES string of the molecule is Cc1nc(C2CCOCC2)nc(NN)c1C(C)C. The maximum Gasteiger partial charge on any atom is 0.147 e. The number of aromatic nitrogens is 2. The van der Waals surface area contributed by atoms with E-state index in [9.17, 15) is 0 Å². The minimum atomic E-state index is 0.361. The summed E-state index contributed by atoms with van der Waals surface area (Å²) in [6.07, 6.45) is 1.98. The van der Waals surface area contributed by atoms with Crippen molar-refractivity contribution in [2.24, 2.45) is 5.84 Å². The maximum atomic E-state index is 5.59. The van der Waals surface area contributed by atoms with E-state index in [0.29, 0.717) is 11.8 Å². The van der Waals surface area contributed by atoms with Crippen LogP contribution in [0.3, 0.4) is 0 Å². The number of anilines is 1. The Balaban J connectivity index is 2.35. The number of ether oxygens (including phenoxy) is 1. The molecule has 100 valence electrons. The Morgan fingerprint density at radius 3 is 2.50 bits per heavy atom. The predicted molar refractivity (Wildman–Crippen MR) is 71.5 cm³/mol. The number of nitrogens with zero attached hydrogens (tertiary/aromatic N) is 2. The molecule has 1 aromatic rings. The Kier molecular flexibility index (Phi) is 4.14. The third kappa shape index (κ3) is 2.62. The molecule has 0 aliphatic carbocycles. The smallest absolute Gasteiger partial charge is 0.147 e. The van der Waals surface area contributed by atoms with Crippen LogP contribution < -0.4 is 11.3 Å². The third-order valence-corrected chi connectivity index (χ3v) is 3.45. The largest absolute Gasteiger partial charge is 0.381 e. The first-order valence-corrected chi connectivity index (χ1v) is 6.56. The van der Waals surface area contributed by atoms with Gasteiger partial charge in [-0.15, -0.1) is 0 Å². The summed E-state index contributed by atoms with van der Waals surface area (Å²) in [7, 11) is 0. The molecule has 5 heteroatoms. The quantitative estimate of drug-likeness (QED) is 0.634. The summed E-state index contributed by atoms with van der Waals surface area (Å²) in [6.45, 7) is 7.87. The molecule has 3 N–H and O–H groups in total. The molecule has 1 fully saturated rings. The van der Waals surface area contributed by atoms with Crippen LogP contribution in [0.15, 0.2) is 0 Å². The van der Waals surface area contributed by atoms with E-state index in [4.69, 9.17) is 10.6 Å². The van der Waals surface area contributed by atoms with Crippen molar-refractivity contribution in [3.05, 3.63) is 17.1 Å². The lowest BCUT2D eigenvalue weighted by atomic mass is 9.97. The maximum absolute atomic E-state index is 5.59. The van der Waals surface area contributed by atoms with Gasteiger partial charge in [0.05, 0.1) is 0 Å². The van der Waals surface area contributed by atoms with Gasteiger partial charge in [0.2, 0.25) is 0 Å². The van der Waals surface area contributed by atoms with Crippen molar-refractivity contribution in [3.8, 4) is 0 Å². The molecule has 0 spiro atoms. The Hall–Kier alpha value is -1.20. The highest BCUT2D eigenvalue weighted by molar-refractivity contribution is 5.47. The summed E-state index contributed by atoms with van der Waals surface area (Å²) in [5.41, 5.74) is 4.84. The molecule has 0 radical (unpaired) electrons. The number of aryl methyl sites for hydroxylation is 1. The Morgan fingerprint density at radius 1 is 1.28 bits per heavy atom. The lowest BCUT2D eigenvalue weighted by Crippen LogP contribution is -2.20. The monoisotopic (exact) mass is 250 g/mol. The second-order valence-electron chi connectivity index (χ2n) is 5.12. The van der Waals surface area contributed by atoms with Gasteiger partial charge in [0, 0.05) is 30.4 Å². The van der Waals surface area contributed by atoms with Crippen LogP contribution in [0.2, 0.25) is 0 Å². The van der Waals surface area contributed by atoms with Gasteiger partial charge in [-0.2, -0.15) is 0 Å². The molecular formula is C13H22N4O. The van der Waals surface area contributed by atoms with Crippen LogP contribution in [0.1, 0.15) is 55.6 Å². The Morgan fingerprint density at radius 2 is 1.94 bits per heavy atom. The molecule has 0 unspecified atom stereocenters. The van der Waals surface area contributed by atoms with Crippen LogP contribution in [0.4, 0.5) is 5.82 Å². The van der Waals surface area contributed by atoms with Crippen molar-refractivity contribution in [1.29, 1.82) is 0 Å². The van der Waals surface area contributed by atoms with E-state index in [1.165, 1.54) is 0 Å². The van der Waals surface area contributed by atoms with Crippen LogP contribution >= 0.6 is 0 Å².